The number of hydrogen-bond donors (Lipinski definition) is 1. The highest BCUT2D eigenvalue weighted by Crippen LogP contribution is 2.49. The SMILES string of the molecule is CCCCc1ccc(C(C)NCC2(CCC)CC2)cc1. The Hall–Kier alpha value is -0.820. The molecule has 0 heterocycles. The predicted octanol–water partition coefficient (Wildman–Crippen LogP) is 5.26. The molecule has 1 unspecified atom stereocenters. The minimum absolute atomic E-state index is 0.476. The van der Waals surface area contributed by atoms with Gasteiger partial charge >= 0.3 is 0 Å². The van der Waals surface area contributed by atoms with E-state index in [1.165, 1.54) is 62.6 Å². The number of unbranched alkanes of at least 4 members (excludes halogenated alkanes) is 1. The van der Waals surface area contributed by atoms with Crippen molar-refractivity contribution < 1.29 is 0 Å². The summed E-state index contributed by atoms with van der Waals surface area (Å²) in [5, 5.41) is 3.75. The highest BCUT2D eigenvalue weighted by Gasteiger charge is 2.41. The van der Waals surface area contributed by atoms with Crippen LogP contribution in [0.1, 0.15) is 76.5 Å². The van der Waals surface area contributed by atoms with Gasteiger partial charge in [-0.05, 0) is 55.6 Å². The third kappa shape index (κ3) is 4.34. The van der Waals surface area contributed by atoms with E-state index in [0.29, 0.717) is 11.5 Å². The monoisotopic (exact) mass is 273 g/mol. The molecular weight excluding hydrogens is 242 g/mol. The van der Waals surface area contributed by atoms with Crippen molar-refractivity contribution in [1.29, 1.82) is 0 Å². The van der Waals surface area contributed by atoms with Crippen LogP contribution in [0.5, 0.6) is 0 Å². The average Bonchev–Trinajstić information content (AvgIpc) is 3.24. The standard InChI is InChI=1S/C19H31N/c1-4-6-7-17-8-10-18(11-9-17)16(3)20-15-19(12-5-2)13-14-19/h8-11,16,20H,4-7,12-15H2,1-3H3. The van der Waals surface area contributed by atoms with Gasteiger partial charge in [-0.15, -0.1) is 0 Å². The summed E-state index contributed by atoms with van der Waals surface area (Å²) in [4.78, 5) is 0. The topological polar surface area (TPSA) is 12.0 Å². The Morgan fingerprint density at radius 2 is 1.80 bits per heavy atom. The molecule has 1 aliphatic carbocycles. The van der Waals surface area contributed by atoms with Crippen LogP contribution in [0.4, 0.5) is 0 Å². The van der Waals surface area contributed by atoms with Crippen LogP contribution in [0.2, 0.25) is 0 Å². The Morgan fingerprint density at radius 3 is 2.35 bits per heavy atom. The molecule has 0 bridgehead atoms. The van der Waals surface area contributed by atoms with Gasteiger partial charge in [0.25, 0.3) is 0 Å². The largest absolute Gasteiger partial charge is 0.310 e. The molecule has 20 heavy (non-hydrogen) atoms. The van der Waals surface area contributed by atoms with E-state index in [0.717, 1.165) is 0 Å². The van der Waals surface area contributed by atoms with Gasteiger partial charge in [0.2, 0.25) is 0 Å². The minimum atomic E-state index is 0.476. The van der Waals surface area contributed by atoms with Crippen molar-refractivity contribution in [2.24, 2.45) is 5.41 Å². The van der Waals surface area contributed by atoms with Gasteiger partial charge in [0.15, 0.2) is 0 Å². The minimum Gasteiger partial charge on any atom is -0.310 e. The second kappa shape index (κ2) is 7.26. The fourth-order valence-electron chi connectivity index (χ4n) is 3.06. The van der Waals surface area contributed by atoms with E-state index in [1.807, 2.05) is 0 Å². The maximum atomic E-state index is 3.75. The quantitative estimate of drug-likeness (QED) is 0.647. The summed E-state index contributed by atoms with van der Waals surface area (Å²) in [7, 11) is 0. The fourth-order valence-corrected chi connectivity index (χ4v) is 3.06. The molecule has 1 fully saturated rings. The zero-order valence-corrected chi connectivity index (χ0v) is 13.5. The van der Waals surface area contributed by atoms with E-state index < -0.39 is 0 Å². The molecule has 112 valence electrons. The van der Waals surface area contributed by atoms with Crippen LogP contribution < -0.4 is 5.32 Å². The molecule has 1 aromatic carbocycles. The van der Waals surface area contributed by atoms with E-state index >= 15 is 0 Å². The Balaban J connectivity index is 1.81. The molecule has 1 aliphatic rings. The maximum Gasteiger partial charge on any atom is 0.0292 e. The molecule has 0 radical (unpaired) electrons. The first-order chi connectivity index (χ1) is 9.69. The van der Waals surface area contributed by atoms with Crippen molar-refractivity contribution in [3.8, 4) is 0 Å². The van der Waals surface area contributed by atoms with Gasteiger partial charge < -0.3 is 5.32 Å². The van der Waals surface area contributed by atoms with Gasteiger partial charge in [0.05, 0.1) is 0 Å². The molecular formula is C19H31N. The van der Waals surface area contributed by atoms with E-state index in [-0.39, 0.29) is 0 Å². The summed E-state index contributed by atoms with van der Waals surface area (Å²) in [6, 6.07) is 9.71. The lowest BCUT2D eigenvalue weighted by Gasteiger charge is -2.20. The molecule has 2 rings (SSSR count). The van der Waals surface area contributed by atoms with Crippen molar-refractivity contribution in [2.45, 2.75) is 71.8 Å². The van der Waals surface area contributed by atoms with Crippen molar-refractivity contribution >= 4 is 0 Å². The summed E-state index contributed by atoms with van der Waals surface area (Å²) in [6.45, 7) is 8.05. The van der Waals surface area contributed by atoms with Gasteiger partial charge in [0, 0.05) is 12.6 Å². The molecule has 0 saturated heterocycles. The van der Waals surface area contributed by atoms with Crippen LogP contribution in [0, 0.1) is 5.41 Å². The lowest BCUT2D eigenvalue weighted by Crippen LogP contribution is -2.26. The Morgan fingerprint density at radius 1 is 1.10 bits per heavy atom. The van der Waals surface area contributed by atoms with Crippen molar-refractivity contribution in [1.82, 2.24) is 5.32 Å². The molecule has 0 spiro atoms. The van der Waals surface area contributed by atoms with Crippen molar-refractivity contribution in [3.05, 3.63) is 35.4 Å². The van der Waals surface area contributed by atoms with Crippen LogP contribution >= 0.6 is 0 Å². The van der Waals surface area contributed by atoms with Crippen LogP contribution in [-0.4, -0.2) is 6.54 Å². The molecule has 0 aliphatic heterocycles. The Kier molecular flexibility index (Phi) is 5.65. The van der Waals surface area contributed by atoms with E-state index in [2.05, 4.69) is 50.4 Å². The molecule has 1 saturated carbocycles. The fraction of sp³-hybridized carbons (Fsp3) is 0.684. The smallest absolute Gasteiger partial charge is 0.0292 e. The van der Waals surface area contributed by atoms with Crippen LogP contribution in [0.15, 0.2) is 24.3 Å². The summed E-state index contributed by atoms with van der Waals surface area (Å²) in [5.74, 6) is 0. The van der Waals surface area contributed by atoms with Gasteiger partial charge in [0.1, 0.15) is 0 Å². The Bertz CT molecular complexity index is 389. The maximum absolute atomic E-state index is 3.75. The average molecular weight is 273 g/mol. The highest BCUT2D eigenvalue weighted by atomic mass is 14.9. The van der Waals surface area contributed by atoms with Gasteiger partial charge in [-0.3, -0.25) is 0 Å². The summed E-state index contributed by atoms with van der Waals surface area (Å²) in [5.41, 5.74) is 3.55. The second-order valence-corrected chi connectivity index (χ2v) is 6.70. The zero-order valence-electron chi connectivity index (χ0n) is 13.5. The van der Waals surface area contributed by atoms with E-state index in [1.54, 1.807) is 0 Å². The number of hydrogen-bond acceptors (Lipinski definition) is 1. The first-order valence-corrected chi connectivity index (χ1v) is 8.51. The lowest BCUT2D eigenvalue weighted by molar-refractivity contribution is 0.397. The van der Waals surface area contributed by atoms with Crippen molar-refractivity contribution in [2.75, 3.05) is 6.54 Å². The third-order valence-corrected chi connectivity index (χ3v) is 4.82. The van der Waals surface area contributed by atoms with Gasteiger partial charge in [-0.1, -0.05) is 51.0 Å². The molecule has 1 aromatic rings. The van der Waals surface area contributed by atoms with Gasteiger partial charge in [-0.2, -0.15) is 0 Å². The normalized spacial score (nSPS) is 17.9. The predicted molar refractivity (Wildman–Crippen MR) is 88.0 cm³/mol. The lowest BCUT2D eigenvalue weighted by atomic mass is 9.99. The van der Waals surface area contributed by atoms with E-state index in [4.69, 9.17) is 0 Å². The first kappa shape index (κ1) is 15.6. The molecule has 1 N–H and O–H groups in total. The highest BCUT2D eigenvalue weighted by molar-refractivity contribution is 5.25. The summed E-state index contributed by atoms with van der Waals surface area (Å²) < 4.78 is 0. The molecule has 1 atom stereocenters. The summed E-state index contributed by atoms with van der Waals surface area (Å²) >= 11 is 0. The zero-order chi connectivity index (χ0) is 14.4. The number of rotatable bonds is 9. The molecule has 0 aromatic heterocycles. The van der Waals surface area contributed by atoms with Crippen LogP contribution in [0.25, 0.3) is 0 Å². The second-order valence-electron chi connectivity index (χ2n) is 6.70. The van der Waals surface area contributed by atoms with E-state index in [9.17, 15) is 0 Å². The summed E-state index contributed by atoms with van der Waals surface area (Å²) in [6.07, 6.45) is 9.36. The molecule has 1 heteroatoms. The molecule has 0 amide bonds. The molecule has 1 nitrogen and oxygen atoms in total. The third-order valence-electron chi connectivity index (χ3n) is 4.82. The first-order valence-electron chi connectivity index (χ1n) is 8.51. The van der Waals surface area contributed by atoms with Crippen LogP contribution in [0.3, 0.4) is 0 Å². The van der Waals surface area contributed by atoms with Gasteiger partial charge in [-0.25, -0.2) is 0 Å². The number of benzene rings is 1. The number of nitrogens with one attached hydrogen (secondary N) is 1. The number of aryl methyl sites for hydroxylation is 1. The van der Waals surface area contributed by atoms with Crippen LogP contribution in [-0.2, 0) is 6.42 Å². The Labute approximate surface area is 125 Å². The van der Waals surface area contributed by atoms with Crippen molar-refractivity contribution in [3.63, 3.8) is 0 Å².